The summed E-state index contributed by atoms with van der Waals surface area (Å²) in [7, 11) is 0. The van der Waals surface area contributed by atoms with Crippen LogP contribution in [0.3, 0.4) is 0 Å². The van der Waals surface area contributed by atoms with Crippen LogP contribution in [0.2, 0.25) is 0 Å². The standard InChI is InChI=1S/C23H30/c1-17(20-8-4-5-9-20)14-15-22(21-10-6-7-11-21)16-23-18(2)12-13-19(23)3/h4-8,10,12-13,17-18,22H,9,11,14-16H2,1-3H3. The first kappa shape index (κ1) is 16.3. The van der Waals surface area contributed by atoms with Crippen molar-refractivity contribution >= 4 is 0 Å². The predicted molar refractivity (Wildman–Crippen MR) is 101 cm³/mol. The molecule has 0 heteroatoms. The minimum Gasteiger partial charge on any atom is -0.0805 e. The van der Waals surface area contributed by atoms with Crippen LogP contribution in [0, 0.1) is 17.8 Å². The molecule has 0 aliphatic heterocycles. The summed E-state index contributed by atoms with van der Waals surface area (Å²) in [5, 5.41) is 0. The summed E-state index contributed by atoms with van der Waals surface area (Å²) in [6.45, 7) is 7.03. The van der Waals surface area contributed by atoms with E-state index in [4.69, 9.17) is 0 Å². The molecule has 0 aromatic heterocycles. The van der Waals surface area contributed by atoms with Crippen LogP contribution in [-0.2, 0) is 0 Å². The van der Waals surface area contributed by atoms with Gasteiger partial charge in [0.15, 0.2) is 0 Å². The Labute approximate surface area is 142 Å². The monoisotopic (exact) mass is 306 g/mol. The minimum atomic E-state index is 0.631. The molecular formula is C23H30. The highest BCUT2D eigenvalue weighted by Crippen LogP contribution is 2.38. The maximum atomic E-state index is 2.40. The molecule has 0 aromatic rings. The summed E-state index contributed by atoms with van der Waals surface area (Å²) in [6, 6.07) is 0. The molecule has 0 aromatic carbocycles. The van der Waals surface area contributed by atoms with Gasteiger partial charge in [-0.1, -0.05) is 84.7 Å². The molecule has 3 aliphatic carbocycles. The molecule has 23 heavy (non-hydrogen) atoms. The highest BCUT2D eigenvalue weighted by atomic mass is 14.3. The van der Waals surface area contributed by atoms with E-state index in [1.807, 2.05) is 0 Å². The van der Waals surface area contributed by atoms with Crippen LogP contribution in [0.1, 0.15) is 52.9 Å². The smallest absolute Gasteiger partial charge is 0.00425 e. The van der Waals surface area contributed by atoms with Gasteiger partial charge in [-0.3, -0.25) is 0 Å². The average molecular weight is 306 g/mol. The Morgan fingerprint density at radius 3 is 2.30 bits per heavy atom. The van der Waals surface area contributed by atoms with Gasteiger partial charge in [0, 0.05) is 0 Å². The van der Waals surface area contributed by atoms with Crippen LogP contribution in [0.5, 0.6) is 0 Å². The van der Waals surface area contributed by atoms with Gasteiger partial charge in [0.05, 0.1) is 0 Å². The number of hydrogen-bond acceptors (Lipinski definition) is 0. The molecule has 0 nitrogen and oxygen atoms in total. The molecule has 122 valence electrons. The first-order valence-corrected chi connectivity index (χ1v) is 9.24. The van der Waals surface area contributed by atoms with Crippen molar-refractivity contribution in [2.45, 2.75) is 52.9 Å². The summed E-state index contributed by atoms with van der Waals surface area (Å²) in [6.07, 6.45) is 24.6. The molecule has 3 unspecified atom stereocenters. The zero-order valence-corrected chi connectivity index (χ0v) is 14.9. The Morgan fingerprint density at radius 2 is 1.74 bits per heavy atom. The zero-order chi connectivity index (χ0) is 16.2. The van der Waals surface area contributed by atoms with Gasteiger partial charge in [0.1, 0.15) is 0 Å². The van der Waals surface area contributed by atoms with Crippen LogP contribution < -0.4 is 0 Å². The SMILES string of the molecule is CC1=C(CC(CCC(C)C2=CC=CC2)C2=CC=CC2)C(C)C=C1. The van der Waals surface area contributed by atoms with Gasteiger partial charge >= 0.3 is 0 Å². The molecule has 0 N–H and O–H groups in total. The normalized spacial score (nSPS) is 25.3. The van der Waals surface area contributed by atoms with Gasteiger partial charge < -0.3 is 0 Å². The van der Waals surface area contributed by atoms with Crippen molar-refractivity contribution in [2.24, 2.45) is 17.8 Å². The highest BCUT2D eigenvalue weighted by Gasteiger charge is 2.23. The molecule has 0 radical (unpaired) electrons. The van der Waals surface area contributed by atoms with E-state index in [0.29, 0.717) is 5.92 Å². The van der Waals surface area contributed by atoms with Gasteiger partial charge in [-0.15, -0.1) is 0 Å². The van der Waals surface area contributed by atoms with E-state index in [2.05, 4.69) is 69.4 Å². The first-order chi connectivity index (χ1) is 11.1. The summed E-state index contributed by atoms with van der Waals surface area (Å²) in [5.74, 6) is 2.07. The van der Waals surface area contributed by atoms with E-state index in [0.717, 1.165) is 18.3 Å². The van der Waals surface area contributed by atoms with Crippen molar-refractivity contribution in [3.8, 4) is 0 Å². The van der Waals surface area contributed by atoms with Crippen molar-refractivity contribution in [1.29, 1.82) is 0 Å². The van der Waals surface area contributed by atoms with Crippen LogP contribution in [0.25, 0.3) is 0 Å². The van der Waals surface area contributed by atoms with Crippen molar-refractivity contribution in [3.05, 3.63) is 70.9 Å². The van der Waals surface area contributed by atoms with E-state index >= 15 is 0 Å². The van der Waals surface area contributed by atoms with E-state index in [9.17, 15) is 0 Å². The Bertz CT molecular complexity index is 618. The third kappa shape index (κ3) is 3.86. The van der Waals surface area contributed by atoms with Crippen LogP contribution in [-0.4, -0.2) is 0 Å². The lowest BCUT2D eigenvalue weighted by atomic mass is 9.81. The number of rotatable bonds is 7. The summed E-state index contributed by atoms with van der Waals surface area (Å²) in [4.78, 5) is 0. The predicted octanol–water partition coefficient (Wildman–Crippen LogP) is 6.70. The Hall–Kier alpha value is -1.56. The third-order valence-corrected chi connectivity index (χ3v) is 5.86. The van der Waals surface area contributed by atoms with Crippen molar-refractivity contribution in [1.82, 2.24) is 0 Å². The fourth-order valence-electron chi connectivity index (χ4n) is 4.13. The Morgan fingerprint density at radius 1 is 1.04 bits per heavy atom. The highest BCUT2D eigenvalue weighted by molar-refractivity contribution is 5.37. The molecule has 3 aliphatic rings. The maximum absolute atomic E-state index is 2.40. The van der Waals surface area contributed by atoms with E-state index in [-0.39, 0.29) is 0 Å². The second-order valence-electron chi connectivity index (χ2n) is 7.48. The minimum absolute atomic E-state index is 0.631. The number of hydrogen-bond donors (Lipinski definition) is 0. The molecule has 0 saturated heterocycles. The fourth-order valence-corrected chi connectivity index (χ4v) is 4.13. The molecule has 0 spiro atoms. The van der Waals surface area contributed by atoms with Crippen molar-refractivity contribution in [2.75, 3.05) is 0 Å². The van der Waals surface area contributed by atoms with Crippen LogP contribution in [0.15, 0.2) is 70.9 Å². The molecule has 0 fully saturated rings. The molecule has 0 saturated carbocycles. The van der Waals surface area contributed by atoms with Gasteiger partial charge in [-0.25, -0.2) is 0 Å². The van der Waals surface area contributed by atoms with E-state index in [1.54, 1.807) is 16.7 Å². The summed E-state index contributed by atoms with van der Waals surface area (Å²) >= 11 is 0. The van der Waals surface area contributed by atoms with E-state index < -0.39 is 0 Å². The van der Waals surface area contributed by atoms with Crippen molar-refractivity contribution < 1.29 is 0 Å². The van der Waals surface area contributed by atoms with Gasteiger partial charge in [0.25, 0.3) is 0 Å². The lowest BCUT2D eigenvalue weighted by Crippen LogP contribution is -2.10. The Kier molecular flexibility index (Phi) is 5.20. The molecule has 0 bridgehead atoms. The second kappa shape index (κ2) is 7.34. The van der Waals surface area contributed by atoms with Gasteiger partial charge in [-0.05, 0) is 56.8 Å². The molecule has 3 atom stereocenters. The third-order valence-electron chi connectivity index (χ3n) is 5.86. The quantitative estimate of drug-likeness (QED) is 0.490. The molecule has 3 rings (SSSR count). The largest absolute Gasteiger partial charge is 0.0805 e. The van der Waals surface area contributed by atoms with Crippen molar-refractivity contribution in [3.63, 3.8) is 0 Å². The average Bonchev–Trinajstić information content (AvgIpc) is 3.28. The van der Waals surface area contributed by atoms with Crippen LogP contribution >= 0.6 is 0 Å². The lowest BCUT2D eigenvalue weighted by molar-refractivity contribution is 0.461. The first-order valence-electron chi connectivity index (χ1n) is 9.24. The van der Waals surface area contributed by atoms with Gasteiger partial charge in [0.2, 0.25) is 0 Å². The Balaban J connectivity index is 1.63. The summed E-state index contributed by atoms with van der Waals surface area (Å²) < 4.78 is 0. The number of allylic oxidation sites excluding steroid dienone is 12. The second-order valence-corrected chi connectivity index (χ2v) is 7.48. The maximum Gasteiger partial charge on any atom is -0.00425 e. The van der Waals surface area contributed by atoms with Gasteiger partial charge in [-0.2, -0.15) is 0 Å². The van der Waals surface area contributed by atoms with E-state index in [1.165, 1.54) is 31.3 Å². The lowest BCUT2D eigenvalue weighted by Gasteiger charge is -2.24. The molecular weight excluding hydrogens is 276 g/mol. The fraction of sp³-hybridized carbons (Fsp3) is 0.478. The van der Waals surface area contributed by atoms with Crippen LogP contribution in [0.4, 0.5) is 0 Å². The zero-order valence-electron chi connectivity index (χ0n) is 14.9. The molecule has 0 amide bonds. The summed E-state index contributed by atoms with van der Waals surface area (Å²) in [5.41, 5.74) is 6.44. The molecule has 0 heterocycles. The topological polar surface area (TPSA) is 0 Å².